The van der Waals surface area contributed by atoms with Gasteiger partial charge >= 0.3 is 0 Å². The summed E-state index contributed by atoms with van der Waals surface area (Å²) in [6, 6.07) is 6.35. The monoisotopic (exact) mass is 301 g/mol. The summed E-state index contributed by atoms with van der Waals surface area (Å²) >= 11 is 7.17. The minimum Gasteiger partial charge on any atom is -0.362 e. The third kappa shape index (κ3) is 2.90. The molecular formula is C14H14ClF2NS. The Hall–Kier alpha value is -1.13. The second-order valence-electron chi connectivity index (χ2n) is 4.34. The maximum absolute atomic E-state index is 14.0. The molecule has 0 aliphatic heterocycles. The Morgan fingerprint density at radius 2 is 1.95 bits per heavy atom. The zero-order valence-electron chi connectivity index (χ0n) is 10.7. The minimum absolute atomic E-state index is 0.0187. The van der Waals surface area contributed by atoms with Crippen molar-refractivity contribution in [2.24, 2.45) is 0 Å². The van der Waals surface area contributed by atoms with E-state index in [9.17, 15) is 8.78 Å². The standard InChI is InChI=1S/C14H14ClF2NS/c1-9(13-4-3-5-19-13)18(2)14-11(16)6-10(8-15)7-12(14)17/h3-7,9H,8H2,1-2H3. The van der Waals surface area contributed by atoms with Crippen LogP contribution in [-0.2, 0) is 5.88 Å². The fourth-order valence-electron chi connectivity index (χ4n) is 1.95. The van der Waals surface area contributed by atoms with Gasteiger partial charge in [-0.05, 0) is 36.1 Å². The van der Waals surface area contributed by atoms with Crippen LogP contribution in [0.1, 0.15) is 23.4 Å². The summed E-state index contributed by atoms with van der Waals surface area (Å²) < 4.78 is 28.0. The van der Waals surface area contributed by atoms with Crippen molar-refractivity contribution >= 4 is 28.6 Å². The Bertz CT molecular complexity index is 534. The number of rotatable bonds is 4. The lowest BCUT2D eigenvalue weighted by Gasteiger charge is -2.27. The highest BCUT2D eigenvalue weighted by molar-refractivity contribution is 7.10. The Morgan fingerprint density at radius 3 is 2.42 bits per heavy atom. The van der Waals surface area contributed by atoms with Crippen molar-refractivity contribution in [2.75, 3.05) is 11.9 Å². The average molecular weight is 302 g/mol. The molecule has 0 N–H and O–H groups in total. The molecule has 0 bridgehead atoms. The molecule has 1 unspecified atom stereocenters. The van der Waals surface area contributed by atoms with Crippen LogP contribution < -0.4 is 4.90 Å². The molecule has 1 aromatic carbocycles. The molecule has 1 aromatic heterocycles. The van der Waals surface area contributed by atoms with E-state index in [4.69, 9.17) is 11.6 Å². The van der Waals surface area contributed by atoms with Gasteiger partial charge in [0.15, 0.2) is 0 Å². The van der Waals surface area contributed by atoms with Crippen molar-refractivity contribution in [1.82, 2.24) is 0 Å². The van der Waals surface area contributed by atoms with Crippen molar-refractivity contribution in [1.29, 1.82) is 0 Å². The lowest BCUT2D eigenvalue weighted by molar-refractivity contribution is 0.565. The van der Waals surface area contributed by atoms with E-state index in [1.54, 1.807) is 23.3 Å². The van der Waals surface area contributed by atoms with Gasteiger partial charge in [0.25, 0.3) is 0 Å². The third-order valence-corrected chi connectivity index (χ3v) is 4.47. The molecule has 0 amide bonds. The summed E-state index contributed by atoms with van der Waals surface area (Å²) in [4.78, 5) is 2.66. The Labute approximate surface area is 120 Å². The van der Waals surface area contributed by atoms with E-state index in [0.29, 0.717) is 5.56 Å². The summed E-state index contributed by atoms with van der Waals surface area (Å²) in [5, 5.41) is 1.95. The number of anilines is 1. The van der Waals surface area contributed by atoms with E-state index in [1.807, 2.05) is 24.4 Å². The zero-order valence-corrected chi connectivity index (χ0v) is 12.2. The summed E-state index contributed by atoms with van der Waals surface area (Å²) in [7, 11) is 1.69. The number of hydrogen-bond donors (Lipinski definition) is 0. The number of alkyl halides is 1. The number of halogens is 3. The van der Waals surface area contributed by atoms with Gasteiger partial charge in [-0.25, -0.2) is 8.78 Å². The minimum atomic E-state index is -0.582. The van der Waals surface area contributed by atoms with E-state index < -0.39 is 11.6 Å². The molecule has 1 heterocycles. The molecular weight excluding hydrogens is 288 g/mol. The van der Waals surface area contributed by atoms with Crippen molar-refractivity contribution in [3.05, 3.63) is 51.7 Å². The maximum atomic E-state index is 14.0. The van der Waals surface area contributed by atoms with E-state index in [2.05, 4.69) is 0 Å². The quantitative estimate of drug-likeness (QED) is 0.721. The Kier molecular flexibility index (Phi) is 4.42. The van der Waals surface area contributed by atoms with Crippen LogP contribution in [0.25, 0.3) is 0 Å². The second kappa shape index (κ2) is 5.88. The molecule has 1 nitrogen and oxygen atoms in total. The zero-order chi connectivity index (χ0) is 14.0. The van der Waals surface area contributed by atoms with Gasteiger partial charge in [0.2, 0.25) is 0 Å². The van der Waals surface area contributed by atoms with Crippen LogP contribution in [-0.4, -0.2) is 7.05 Å². The number of hydrogen-bond acceptors (Lipinski definition) is 2. The Balaban J connectivity index is 2.36. The van der Waals surface area contributed by atoms with Crippen molar-refractivity contribution in [3.63, 3.8) is 0 Å². The van der Waals surface area contributed by atoms with Gasteiger partial charge in [-0.2, -0.15) is 0 Å². The van der Waals surface area contributed by atoms with Crippen LogP contribution in [0.3, 0.4) is 0 Å². The summed E-state index contributed by atoms with van der Waals surface area (Å²) in [5.41, 5.74) is 0.423. The smallest absolute Gasteiger partial charge is 0.149 e. The first-order valence-electron chi connectivity index (χ1n) is 5.84. The van der Waals surface area contributed by atoms with Gasteiger partial charge in [-0.3, -0.25) is 0 Å². The number of benzene rings is 1. The van der Waals surface area contributed by atoms with Crippen LogP contribution in [0, 0.1) is 11.6 Å². The predicted octanol–water partition coefficient (Wildman–Crippen LogP) is 4.96. The normalized spacial score (nSPS) is 12.5. The van der Waals surface area contributed by atoms with Gasteiger partial charge in [-0.1, -0.05) is 6.07 Å². The highest BCUT2D eigenvalue weighted by Crippen LogP contribution is 2.32. The lowest BCUT2D eigenvalue weighted by Crippen LogP contribution is -2.23. The first-order chi connectivity index (χ1) is 9.04. The molecule has 0 fully saturated rings. The number of nitrogens with zero attached hydrogens (tertiary/aromatic N) is 1. The topological polar surface area (TPSA) is 3.24 Å². The molecule has 19 heavy (non-hydrogen) atoms. The fourth-order valence-corrected chi connectivity index (χ4v) is 2.93. The molecule has 0 spiro atoms. The summed E-state index contributed by atoms with van der Waals surface area (Å²) in [5.74, 6) is -1.07. The highest BCUT2D eigenvalue weighted by atomic mass is 35.5. The second-order valence-corrected chi connectivity index (χ2v) is 5.59. The first kappa shape index (κ1) is 14.3. The van der Waals surface area contributed by atoms with Gasteiger partial charge < -0.3 is 4.90 Å². The predicted molar refractivity (Wildman–Crippen MR) is 77.1 cm³/mol. The van der Waals surface area contributed by atoms with Gasteiger partial charge in [-0.15, -0.1) is 22.9 Å². The van der Waals surface area contributed by atoms with E-state index in [1.165, 1.54) is 12.1 Å². The van der Waals surface area contributed by atoms with Gasteiger partial charge in [0, 0.05) is 17.8 Å². The van der Waals surface area contributed by atoms with E-state index >= 15 is 0 Å². The van der Waals surface area contributed by atoms with E-state index in [-0.39, 0.29) is 17.6 Å². The fraction of sp³-hybridized carbons (Fsp3) is 0.286. The van der Waals surface area contributed by atoms with Crippen LogP contribution in [0.4, 0.5) is 14.5 Å². The van der Waals surface area contributed by atoms with Crippen molar-refractivity contribution in [2.45, 2.75) is 18.8 Å². The van der Waals surface area contributed by atoms with Crippen molar-refractivity contribution < 1.29 is 8.78 Å². The Morgan fingerprint density at radius 1 is 1.32 bits per heavy atom. The molecule has 0 saturated carbocycles. The SMILES string of the molecule is CC(c1cccs1)N(C)c1c(F)cc(CCl)cc1F. The van der Waals surface area contributed by atoms with Gasteiger partial charge in [0.1, 0.15) is 17.3 Å². The molecule has 0 aliphatic rings. The van der Waals surface area contributed by atoms with Crippen LogP contribution in [0.5, 0.6) is 0 Å². The molecule has 102 valence electrons. The van der Waals surface area contributed by atoms with Crippen molar-refractivity contribution in [3.8, 4) is 0 Å². The molecule has 0 saturated heterocycles. The van der Waals surface area contributed by atoms with Crippen LogP contribution >= 0.6 is 22.9 Å². The molecule has 0 aliphatic carbocycles. The molecule has 2 aromatic rings. The molecule has 5 heteroatoms. The largest absolute Gasteiger partial charge is 0.362 e. The van der Waals surface area contributed by atoms with Crippen LogP contribution in [0.2, 0.25) is 0 Å². The van der Waals surface area contributed by atoms with Crippen LogP contribution in [0.15, 0.2) is 29.6 Å². The lowest BCUT2D eigenvalue weighted by atomic mass is 10.1. The maximum Gasteiger partial charge on any atom is 0.149 e. The van der Waals surface area contributed by atoms with Gasteiger partial charge in [0.05, 0.1) is 6.04 Å². The highest BCUT2D eigenvalue weighted by Gasteiger charge is 2.20. The number of thiophene rings is 1. The third-order valence-electron chi connectivity index (χ3n) is 3.12. The van der Waals surface area contributed by atoms with E-state index in [0.717, 1.165) is 4.88 Å². The first-order valence-corrected chi connectivity index (χ1v) is 7.26. The molecule has 1 atom stereocenters. The molecule has 2 rings (SSSR count). The molecule has 0 radical (unpaired) electrons. The summed E-state index contributed by atoms with van der Waals surface area (Å²) in [6.07, 6.45) is 0. The summed E-state index contributed by atoms with van der Waals surface area (Å²) in [6.45, 7) is 1.92. The average Bonchev–Trinajstić information content (AvgIpc) is 2.90.